The molecule has 7 heteroatoms. The van der Waals surface area contributed by atoms with Gasteiger partial charge in [0.1, 0.15) is 0 Å². The molecule has 0 aromatic carbocycles. The van der Waals surface area contributed by atoms with Gasteiger partial charge in [0.2, 0.25) is 5.91 Å². The molecule has 3 rings (SSSR count). The van der Waals surface area contributed by atoms with Crippen LogP contribution in [0.4, 0.5) is 5.82 Å². The third-order valence-electron chi connectivity index (χ3n) is 3.21. The van der Waals surface area contributed by atoms with Crippen LogP contribution in [0.25, 0.3) is 22.2 Å². The molecular formula is C15H15N5O2. The quantitative estimate of drug-likeness (QED) is 0.760. The van der Waals surface area contributed by atoms with Crippen LogP contribution >= 0.6 is 0 Å². The molecule has 3 aromatic rings. The standard InChI is InChI=1S/C15H15N5O2/c1-10(22)18-14-13-8-12(11-2-4-16-5-3-11)9-17-15(13)20(19-14)6-7-21/h2-5,8-9,21H,6-7H2,1H3,(H,18,19,22). The number of hydrogen-bond acceptors (Lipinski definition) is 5. The van der Waals surface area contributed by atoms with Gasteiger partial charge >= 0.3 is 0 Å². The average Bonchev–Trinajstić information content (AvgIpc) is 2.85. The predicted molar refractivity (Wildman–Crippen MR) is 82.1 cm³/mol. The normalized spacial score (nSPS) is 10.8. The van der Waals surface area contributed by atoms with Crippen molar-refractivity contribution < 1.29 is 9.90 Å². The van der Waals surface area contributed by atoms with Gasteiger partial charge in [-0.2, -0.15) is 5.10 Å². The first-order chi connectivity index (χ1) is 10.7. The highest BCUT2D eigenvalue weighted by atomic mass is 16.3. The van der Waals surface area contributed by atoms with Crippen molar-refractivity contribution in [2.24, 2.45) is 0 Å². The highest BCUT2D eigenvalue weighted by molar-refractivity contribution is 5.99. The Bertz CT molecular complexity index is 813. The Kier molecular flexibility index (Phi) is 3.80. The minimum absolute atomic E-state index is 0.0515. The second-order valence-electron chi connectivity index (χ2n) is 4.81. The van der Waals surface area contributed by atoms with Crippen LogP contribution in [0.3, 0.4) is 0 Å². The lowest BCUT2D eigenvalue weighted by Crippen LogP contribution is -2.08. The van der Waals surface area contributed by atoms with E-state index in [2.05, 4.69) is 20.4 Å². The first-order valence-electron chi connectivity index (χ1n) is 6.84. The molecule has 0 spiro atoms. The minimum atomic E-state index is -0.204. The van der Waals surface area contributed by atoms with E-state index >= 15 is 0 Å². The van der Waals surface area contributed by atoms with E-state index < -0.39 is 0 Å². The van der Waals surface area contributed by atoms with Gasteiger partial charge in [-0.3, -0.25) is 9.78 Å². The summed E-state index contributed by atoms with van der Waals surface area (Å²) < 4.78 is 1.58. The Balaban J connectivity index is 2.14. The first-order valence-corrected chi connectivity index (χ1v) is 6.84. The average molecular weight is 297 g/mol. The molecule has 0 fully saturated rings. The summed E-state index contributed by atoms with van der Waals surface area (Å²) in [6, 6.07) is 5.70. The number of amides is 1. The fourth-order valence-corrected chi connectivity index (χ4v) is 2.27. The van der Waals surface area contributed by atoms with Gasteiger partial charge in [0.15, 0.2) is 11.5 Å². The van der Waals surface area contributed by atoms with Crippen molar-refractivity contribution >= 4 is 22.8 Å². The summed E-state index contributed by atoms with van der Waals surface area (Å²) in [5, 5.41) is 16.9. The van der Waals surface area contributed by atoms with Gasteiger partial charge in [-0.25, -0.2) is 9.67 Å². The Hall–Kier alpha value is -2.80. The molecule has 0 atom stereocenters. The molecular weight excluding hydrogens is 282 g/mol. The van der Waals surface area contributed by atoms with Crippen molar-refractivity contribution in [3.63, 3.8) is 0 Å². The first kappa shape index (κ1) is 14.2. The highest BCUT2D eigenvalue weighted by Crippen LogP contribution is 2.27. The van der Waals surface area contributed by atoms with Crippen LogP contribution in [0, 0.1) is 0 Å². The maximum absolute atomic E-state index is 11.3. The number of nitrogens with zero attached hydrogens (tertiary/aromatic N) is 4. The fraction of sp³-hybridized carbons (Fsp3) is 0.200. The van der Waals surface area contributed by atoms with E-state index in [0.717, 1.165) is 16.5 Å². The lowest BCUT2D eigenvalue weighted by Gasteiger charge is -2.02. The Morgan fingerprint density at radius 2 is 2.09 bits per heavy atom. The Labute approximate surface area is 126 Å². The molecule has 0 radical (unpaired) electrons. The number of hydrogen-bond donors (Lipinski definition) is 2. The van der Waals surface area contributed by atoms with E-state index in [-0.39, 0.29) is 12.5 Å². The van der Waals surface area contributed by atoms with E-state index in [9.17, 15) is 4.79 Å². The molecule has 112 valence electrons. The van der Waals surface area contributed by atoms with Crippen LogP contribution in [0.1, 0.15) is 6.92 Å². The topological polar surface area (TPSA) is 92.9 Å². The second kappa shape index (κ2) is 5.90. The number of anilines is 1. The maximum atomic E-state index is 11.3. The minimum Gasteiger partial charge on any atom is -0.394 e. The van der Waals surface area contributed by atoms with Gasteiger partial charge in [-0.05, 0) is 23.8 Å². The van der Waals surface area contributed by atoms with Crippen molar-refractivity contribution in [1.82, 2.24) is 19.7 Å². The summed E-state index contributed by atoms with van der Waals surface area (Å²) >= 11 is 0. The second-order valence-corrected chi connectivity index (χ2v) is 4.81. The number of carbonyl (C=O) groups excluding carboxylic acids is 1. The number of aromatic nitrogens is 4. The molecule has 7 nitrogen and oxygen atoms in total. The van der Waals surface area contributed by atoms with E-state index in [1.807, 2.05) is 18.2 Å². The summed E-state index contributed by atoms with van der Waals surface area (Å²) in [7, 11) is 0. The number of rotatable bonds is 4. The van der Waals surface area contributed by atoms with Crippen LogP contribution in [0.5, 0.6) is 0 Å². The van der Waals surface area contributed by atoms with Crippen LogP contribution in [0.15, 0.2) is 36.8 Å². The third-order valence-corrected chi connectivity index (χ3v) is 3.21. The number of aliphatic hydroxyl groups excluding tert-OH is 1. The smallest absolute Gasteiger partial charge is 0.222 e. The van der Waals surface area contributed by atoms with Crippen molar-refractivity contribution in [3.8, 4) is 11.1 Å². The third kappa shape index (κ3) is 2.66. The van der Waals surface area contributed by atoms with Crippen LogP contribution in [-0.4, -0.2) is 37.4 Å². The Morgan fingerprint density at radius 3 is 2.77 bits per heavy atom. The van der Waals surface area contributed by atoms with Gasteiger partial charge < -0.3 is 10.4 Å². The number of aliphatic hydroxyl groups is 1. The number of fused-ring (bicyclic) bond motifs is 1. The molecule has 0 saturated heterocycles. The van der Waals surface area contributed by atoms with E-state index in [1.54, 1.807) is 23.3 Å². The van der Waals surface area contributed by atoms with Crippen LogP contribution < -0.4 is 5.32 Å². The zero-order chi connectivity index (χ0) is 15.5. The van der Waals surface area contributed by atoms with Gasteiger partial charge in [0, 0.05) is 31.1 Å². The monoisotopic (exact) mass is 297 g/mol. The molecule has 1 amide bonds. The summed E-state index contributed by atoms with van der Waals surface area (Å²) in [6.07, 6.45) is 5.16. The van der Waals surface area contributed by atoms with E-state index in [1.165, 1.54) is 6.92 Å². The summed E-state index contributed by atoms with van der Waals surface area (Å²) in [4.78, 5) is 19.8. The molecule has 2 N–H and O–H groups in total. The van der Waals surface area contributed by atoms with Gasteiger partial charge in [-0.1, -0.05) is 0 Å². The number of pyridine rings is 2. The molecule has 22 heavy (non-hydrogen) atoms. The van der Waals surface area contributed by atoms with E-state index in [0.29, 0.717) is 18.0 Å². The Morgan fingerprint density at radius 1 is 1.32 bits per heavy atom. The van der Waals surface area contributed by atoms with Gasteiger partial charge in [0.05, 0.1) is 18.5 Å². The SMILES string of the molecule is CC(=O)Nc1nn(CCO)c2ncc(-c3ccncc3)cc12. The van der Waals surface area contributed by atoms with E-state index in [4.69, 9.17) is 5.11 Å². The molecule has 3 aromatic heterocycles. The fourth-order valence-electron chi connectivity index (χ4n) is 2.27. The maximum Gasteiger partial charge on any atom is 0.222 e. The van der Waals surface area contributed by atoms with Crippen LogP contribution in [-0.2, 0) is 11.3 Å². The lowest BCUT2D eigenvalue weighted by molar-refractivity contribution is -0.114. The molecule has 0 unspecified atom stereocenters. The number of nitrogens with one attached hydrogen (secondary N) is 1. The summed E-state index contributed by atoms with van der Waals surface area (Å²) in [6.45, 7) is 1.69. The lowest BCUT2D eigenvalue weighted by atomic mass is 10.1. The van der Waals surface area contributed by atoms with Crippen molar-refractivity contribution in [3.05, 3.63) is 36.8 Å². The zero-order valence-corrected chi connectivity index (χ0v) is 12.0. The molecule has 0 bridgehead atoms. The van der Waals surface area contributed by atoms with Gasteiger partial charge in [0.25, 0.3) is 0 Å². The van der Waals surface area contributed by atoms with Crippen molar-refractivity contribution in [2.75, 3.05) is 11.9 Å². The summed E-state index contributed by atoms with van der Waals surface area (Å²) in [5.74, 6) is 0.240. The molecule has 0 aliphatic rings. The van der Waals surface area contributed by atoms with Gasteiger partial charge in [-0.15, -0.1) is 0 Å². The number of carbonyl (C=O) groups is 1. The molecule has 3 heterocycles. The predicted octanol–water partition coefficient (Wildman–Crippen LogP) is 1.44. The highest BCUT2D eigenvalue weighted by Gasteiger charge is 2.14. The molecule has 0 saturated carbocycles. The molecule has 0 aliphatic carbocycles. The van der Waals surface area contributed by atoms with Crippen molar-refractivity contribution in [1.29, 1.82) is 0 Å². The zero-order valence-electron chi connectivity index (χ0n) is 12.0. The molecule has 0 aliphatic heterocycles. The van der Waals surface area contributed by atoms with Crippen LogP contribution in [0.2, 0.25) is 0 Å². The largest absolute Gasteiger partial charge is 0.394 e. The van der Waals surface area contributed by atoms with Crippen molar-refractivity contribution in [2.45, 2.75) is 13.5 Å². The summed E-state index contributed by atoms with van der Waals surface area (Å²) in [5.41, 5.74) is 2.51.